The number of halogens is 4. The highest BCUT2D eigenvalue weighted by atomic mass is 35.5. The summed E-state index contributed by atoms with van der Waals surface area (Å²) in [5, 5.41) is 10.4. The summed E-state index contributed by atoms with van der Waals surface area (Å²) in [5.74, 6) is 0. The molecular weight excluding hydrogens is 313 g/mol. The van der Waals surface area contributed by atoms with Gasteiger partial charge in [0.2, 0.25) is 0 Å². The van der Waals surface area contributed by atoms with Crippen LogP contribution in [0, 0.1) is 0 Å². The van der Waals surface area contributed by atoms with Gasteiger partial charge in [0.1, 0.15) is 5.15 Å². The zero-order chi connectivity index (χ0) is 15.4. The second-order valence-corrected chi connectivity index (χ2v) is 5.19. The fraction of sp³-hybridized carbons (Fsp3) is 0.600. The van der Waals surface area contributed by atoms with E-state index in [0.29, 0.717) is 0 Å². The third-order valence-corrected chi connectivity index (χ3v) is 3.67. The smallest absolute Gasteiger partial charge is 0.256 e. The molecule has 11 heteroatoms. The summed E-state index contributed by atoms with van der Waals surface area (Å²) < 4.78 is 41.7. The Morgan fingerprint density at radius 2 is 2.00 bits per heavy atom. The van der Waals surface area contributed by atoms with Crippen molar-refractivity contribution in [2.24, 2.45) is 7.05 Å². The lowest BCUT2D eigenvalue weighted by atomic mass is 10.2. The van der Waals surface area contributed by atoms with Gasteiger partial charge in [-0.3, -0.25) is 4.68 Å². The molecule has 0 spiro atoms. The number of hydrogen-bond donors (Lipinski definition) is 0. The van der Waals surface area contributed by atoms with E-state index < -0.39 is 24.1 Å². The van der Waals surface area contributed by atoms with Crippen molar-refractivity contribution in [2.75, 3.05) is 0 Å². The van der Waals surface area contributed by atoms with Crippen LogP contribution in [0.15, 0.2) is 4.79 Å². The van der Waals surface area contributed by atoms with Crippen LogP contribution in [0.3, 0.4) is 0 Å². The zero-order valence-electron chi connectivity index (χ0n) is 10.8. The van der Waals surface area contributed by atoms with Crippen molar-refractivity contribution in [1.82, 2.24) is 29.6 Å². The van der Waals surface area contributed by atoms with Crippen molar-refractivity contribution in [3.05, 3.63) is 26.9 Å². The highest BCUT2D eigenvalue weighted by Crippen LogP contribution is 2.34. The number of alkyl halides is 3. The monoisotopic (exact) mass is 322 g/mol. The number of rotatable bonds is 3. The Labute approximate surface area is 120 Å². The first kappa shape index (κ1) is 14.1. The Kier molecular flexibility index (Phi) is 3.08. The van der Waals surface area contributed by atoms with E-state index in [1.54, 1.807) is 0 Å². The molecule has 0 atom stereocenters. The maximum atomic E-state index is 12.9. The minimum absolute atomic E-state index is 0.00212. The normalized spacial score (nSPS) is 15.7. The van der Waals surface area contributed by atoms with Crippen LogP contribution >= 0.6 is 11.6 Å². The molecule has 0 N–H and O–H groups in total. The lowest BCUT2D eigenvalue weighted by Gasteiger charge is -2.05. The summed E-state index contributed by atoms with van der Waals surface area (Å²) in [7, 11) is 1.30. The molecule has 0 radical (unpaired) electrons. The lowest BCUT2D eigenvalue weighted by molar-refractivity contribution is -0.142. The van der Waals surface area contributed by atoms with Gasteiger partial charge in [-0.15, -0.1) is 0 Å². The molecule has 7 nitrogen and oxygen atoms in total. The summed E-state index contributed by atoms with van der Waals surface area (Å²) in [5.41, 5.74) is -1.97. The summed E-state index contributed by atoms with van der Waals surface area (Å²) in [6, 6.07) is -0.00212. The molecular formula is C10H10ClF3N6O. The van der Waals surface area contributed by atoms with Gasteiger partial charge >= 0.3 is 11.9 Å². The quantitative estimate of drug-likeness (QED) is 0.852. The van der Waals surface area contributed by atoms with Crippen LogP contribution in [-0.2, 0) is 19.8 Å². The van der Waals surface area contributed by atoms with Gasteiger partial charge in [0.15, 0.2) is 5.69 Å². The molecule has 2 aromatic rings. The molecule has 1 fully saturated rings. The number of tetrazole rings is 1. The highest BCUT2D eigenvalue weighted by Gasteiger charge is 2.39. The van der Waals surface area contributed by atoms with E-state index in [1.165, 1.54) is 11.7 Å². The molecule has 2 heterocycles. The summed E-state index contributed by atoms with van der Waals surface area (Å²) in [6.45, 7) is -0.424. The molecule has 21 heavy (non-hydrogen) atoms. The Bertz CT molecular complexity index is 741. The first-order valence-electron chi connectivity index (χ1n) is 6.10. The first-order chi connectivity index (χ1) is 9.79. The Morgan fingerprint density at radius 3 is 2.57 bits per heavy atom. The van der Waals surface area contributed by atoms with Crippen molar-refractivity contribution in [2.45, 2.75) is 31.6 Å². The topological polar surface area (TPSA) is 70.5 Å². The molecule has 0 saturated heterocycles. The summed E-state index contributed by atoms with van der Waals surface area (Å²) in [6.07, 6.45) is -3.02. The predicted molar refractivity (Wildman–Crippen MR) is 64.9 cm³/mol. The molecule has 0 unspecified atom stereocenters. The third kappa shape index (κ3) is 2.43. The summed E-state index contributed by atoms with van der Waals surface area (Å²) >= 11 is 5.83. The number of hydrogen-bond acceptors (Lipinski definition) is 4. The summed E-state index contributed by atoms with van der Waals surface area (Å²) in [4.78, 5) is 12.0. The molecule has 3 rings (SSSR count). The molecule has 1 aliphatic carbocycles. The average Bonchev–Trinajstić information content (AvgIpc) is 3.11. The largest absolute Gasteiger partial charge is 0.435 e. The SMILES string of the molecule is Cn1nc(C(F)(F)F)c(Cn2nnn(C3CC3)c2=O)c1Cl. The molecule has 0 aliphatic heterocycles. The van der Waals surface area contributed by atoms with Gasteiger partial charge in [0.25, 0.3) is 0 Å². The Morgan fingerprint density at radius 1 is 1.33 bits per heavy atom. The third-order valence-electron chi connectivity index (χ3n) is 3.20. The van der Waals surface area contributed by atoms with Crippen LogP contribution in [0.2, 0.25) is 5.15 Å². The van der Waals surface area contributed by atoms with E-state index in [2.05, 4.69) is 15.5 Å². The van der Waals surface area contributed by atoms with Crippen molar-refractivity contribution >= 4 is 11.6 Å². The van der Waals surface area contributed by atoms with Gasteiger partial charge in [-0.2, -0.15) is 27.6 Å². The molecule has 2 aromatic heterocycles. The van der Waals surface area contributed by atoms with E-state index in [9.17, 15) is 18.0 Å². The van der Waals surface area contributed by atoms with E-state index in [4.69, 9.17) is 11.6 Å². The van der Waals surface area contributed by atoms with Crippen LogP contribution in [-0.4, -0.2) is 29.6 Å². The lowest BCUT2D eigenvalue weighted by Crippen LogP contribution is -2.26. The van der Waals surface area contributed by atoms with Gasteiger partial charge in [0, 0.05) is 12.6 Å². The molecule has 1 aliphatic rings. The van der Waals surface area contributed by atoms with Crippen molar-refractivity contribution in [1.29, 1.82) is 0 Å². The van der Waals surface area contributed by atoms with Crippen LogP contribution in [0.1, 0.15) is 30.1 Å². The van der Waals surface area contributed by atoms with Gasteiger partial charge in [-0.05, 0) is 23.3 Å². The van der Waals surface area contributed by atoms with E-state index in [-0.39, 0.29) is 16.8 Å². The molecule has 0 amide bonds. The average molecular weight is 323 g/mol. The second-order valence-electron chi connectivity index (χ2n) is 4.83. The van der Waals surface area contributed by atoms with E-state index >= 15 is 0 Å². The van der Waals surface area contributed by atoms with Gasteiger partial charge in [0.05, 0.1) is 12.6 Å². The van der Waals surface area contributed by atoms with Crippen LogP contribution in [0.4, 0.5) is 13.2 Å². The van der Waals surface area contributed by atoms with E-state index in [1.807, 2.05) is 0 Å². The van der Waals surface area contributed by atoms with Crippen molar-refractivity contribution in [3.8, 4) is 0 Å². The van der Waals surface area contributed by atoms with Crippen LogP contribution in [0.5, 0.6) is 0 Å². The number of nitrogens with zero attached hydrogens (tertiary/aromatic N) is 6. The minimum atomic E-state index is -4.66. The fourth-order valence-electron chi connectivity index (χ4n) is 2.00. The van der Waals surface area contributed by atoms with Gasteiger partial charge in [-0.1, -0.05) is 11.6 Å². The highest BCUT2D eigenvalue weighted by molar-refractivity contribution is 6.30. The van der Waals surface area contributed by atoms with Crippen molar-refractivity contribution in [3.63, 3.8) is 0 Å². The Balaban J connectivity index is 2.00. The Hall–Kier alpha value is -1.84. The van der Waals surface area contributed by atoms with E-state index in [0.717, 1.165) is 22.2 Å². The van der Waals surface area contributed by atoms with Crippen LogP contribution < -0.4 is 5.69 Å². The molecule has 0 bridgehead atoms. The predicted octanol–water partition coefficient (Wildman–Crippen LogP) is 1.23. The maximum Gasteiger partial charge on any atom is 0.435 e. The molecule has 0 aromatic carbocycles. The second kappa shape index (κ2) is 4.58. The minimum Gasteiger partial charge on any atom is -0.256 e. The van der Waals surface area contributed by atoms with Gasteiger partial charge < -0.3 is 0 Å². The van der Waals surface area contributed by atoms with Crippen LogP contribution in [0.25, 0.3) is 0 Å². The van der Waals surface area contributed by atoms with Gasteiger partial charge in [-0.25, -0.2) is 4.79 Å². The molecule has 114 valence electrons. The standard InChI is InChI=1S/C10H10ClF3N6O/c1-18-8(11)6(7(15-18)10(12,13)14)4-19-9(21)20(17-16-19)5-2-3-5/h5H,2-4H2,1H3. The van der Waals surface area contributed by atoms with Crippen molar-refractivity contribution < 1.29 is 13.2 Å². The maximum absolute atomic E-state index is 12.9. The number of aromatic nitrogens is 6. The number of aryl methyl sites for hydroxylation is 1. The first-order valence-corrected chi connectivity index (χ1v) is 6.47. The zero-order valence-corrected chi connectivity index (χ0v) is 11.6. The fourth-order valence-corrected chi connectivity index (χ4v) is 2.19. The molecule has 1 saturated carbocycles.